The average molecular weight is 295 g/mol. The Morgan fingerprint density at radius 2 is 2.14 bits per heavy atom. The minimum Gasteiger partial charge on any atom is -0.492 e. The van der Waals surface area contributed by atoms with Gasteiger partial charge in [-0.05, 0) is 18.6 Å². The molecule has 1 N–H and O–H groups in total. The highest BCUT2D eigenvalue weighted by molar-refractivity contribution is 5.68. The van der Waals surface area contributed by atoms with Crippen molar-refractivity contribution in [2.75, 3.05) is 6.61 Å². The summed E-state index contributed by atoms with van der Waals surface area (Å²) in [6.45, 7) is 1.87. The van der Waals surface area contributed by atoms with Crippen LogP contribution in [0, 0.1) is 11.3 Å². The number of halogens is 3. The van der Waals surface area contributed by atoms with Crippen molar-refractivity contribution in [2.24, 2.45) is 0 Å². The summed E-state index contributed by atoms with van der Waals surface area (Å²) in [6.07, 6.45) is -1.33. The number of hydrogen-bond acceptors (Lipinski definition) is 3. The molecule has 0 saturated carbocycles. The molecule has 0 aliphatic heterocycles. The zero-order chi connectivity index (χ0) is 15.5. The van der Waals surface area contributed by atoms with Crippen molar-refractivity contribution >= 4 is 0 Å². The molecule has 1 aromatic carbocycles. The molecule has 0 atom stereocenters. The maximum Gasteiger partial charge on any atom is 0.420 e. The van der Waals surface area contributed by atoms with Gasteiger partial charge in [0.25, 0.3) is 0 Å². The van der Waals surface area contributed by atoms with E-state index in [0.29, 0.717) is 6.42 Å². The standard InChI is InChI=1S/C14H12F3N3O/c1-2-7-21-12-9(8-18)3-4-10(11(12)14(15,16)17)13-19-5-6-20-13/h3-6H,2,7H2,1H3,(H,19,20). The van der Waals surface area contributed by atoms with E-state index in [0.717, 1.165) is 0 Å². The Kier molecular flexibility index (Phi) is 4.17. The molecule has 0 aliphatic carbocycles. The van der Waals surface area contributed by atoms with Gasteiger partial charge in [-0.25, -0.2) is 4.98 Å². The number of nitriles is 1. The normalized spacial score (nSPS) is 11.2. The smallest absolute Gasteiger partial charge is 0.420 e. The fourth-order valence-electron chi connectivity index (χ4n) is 1.92. The minimum atomic E-state index is -4.65. The molecule has 0 bridgehead atoms. The molecule has 0 aliphatic rings. The molecule has 4 nitrogen and oxygen atoms in total. The fraction of sp³-hybridized carbons (Fsp3) is 0.286. The van der Waals surface area contributed by atoms with E-state index in [1.165, 1.54) is 24.5 Å². The van der Waals surface area contributed by atoms with Crippen LogP contribution in [0.1, 0.15) is 24.5 Å². The van der Waals surface area contributed by atoms with E-state index < -0.39 is 17.5 Å². The molecule has 0 fully saturated rings. The molecule has 1 aromatic heterocycles. The van der Waals surface area contributed by atoms with Crippen LogP contribution in [0.4, 0.5) is 13.2 Å². The van der Waals surface area contributed by atoms with Crippen LogP contribution < -0.4 is 4.74 Å². The lowest BCUT2D eigenvalue weighted by Crippen LogP contribution is -2.13. The van der Waals surface area contributed by atoms with E-state index in [4.69, 9.17) is 10.00 Å². The molecule has 0 unspecified atom stereocenters. The number of imidazole rings is 1. The van der Waals surface area contributed by atoms with Crippen molar-refractivity contribution in [1.82, 2.24) is 9.97 Å². The van der Waals surface area contributed by atoms with Gasteiger partial charge in [-0.2, -0.15) is 18.4 Å². The first-order valence-corrected chi connectivity index (χ1v) is 6.25. The van der Waals surface area contributed by atoms with Crippen molar-refractivity contribution in [3.63, 3.8) is 0 Å². The Labute approximate surface area is 119 Å². The third-order valence-electron chi connectivity index (χ3n) is 2.77. The van der Waals surface area contributed by atoms with Crippen LogP contribution in [0.2, 0.25) is 0 Å². The van der Waals surface area contributed by atoms with Crippen LogP contribution >= 0.6 is 0 Å². The molecule has 2 aromatic rings. The summed E-state index contributed by atoms with van der Waals surface area (Å²) < 4.78 is 45.4. The van der Waals surface area contributed by atoms with Crippen molar-refractivity contribution in [1.29, 1.82) is 5.26 Å². The summed E-state index contributed by atoms with van der Waals surface area (Å²) in [5, 5.41) is 9.01. The summed E-state index contributed by atoms with van der Waals surface area (Å²) in [5.41, 5.74) is -1.27. The topological polar surface area (TPSA) is 61.7 Å². The van der Waals surface area contributed by atoms with Crippen molar-refractivity contribution < 1.29 is 17.9 Å². The van der Waals surface area contributed by atoms with Crippen LogP contribution in [-0.2, 0) is 6.18 Å². The van der Waals surface area contributed by atoms with E-state index in [2.05, 4.69) is 9.97 Å². The Hall–Kier alpha value is -2.49. The zero-order valence-corrected chi connectivity index (χ0v) is 11.2. The summed E-state index contributed by atoms with van der Waals surface area (Å²) in [7, 11) is 0. The van der Waals surface area contributed by atoms with Gasteiger partial charge >= 0.3 is 6.18 Å². The second kappa shape index (κ2) is 5.87. The Balaban J connectivity index is 2.70. The van der Waals surface area contributed by atoms with Crippen molar-refractivity contribution in [3.05, 3.63) is 35.7 Å². The number of aromatic nitrogens is 2. The third kappa shape index (κ3) is 2.99. The van der Waals surface area contributed by atoms with Gasteiger partial charge in [0.15, 0.2) is 0 Å². The maximum atomic E-state index is 13.4. The highest BCUT2D eigenvalue weighted by Gasteiger charge is 2.39. The first kappa shape index (κ1) is 14.9. The van der Waals surface area contributed by atoms with Crippen LogP contribution in [0.5, 0.6) is 5.75 Å². The highest BCUT2D eigenvalue weighted by atomic mass is 19.4. The lowest BCUT2D eigenvalue weighted by Gasteiger charge is -2.18. The predicted octanol–water partition coefficient (Wildman–Crippen LogP) is 3.76. The fourth-order valence-corrected chi connectivity index (χ4v) is 1.92. The summed E-state index contributed by atoms with van der Waals surface area (Å²) in [6, 6.07) is 4.26. The third-order valence-corrected chi connectivity index (χ3v) is 2.77. The quantitative estimate of drug-likeness (QED) is 0.934. The zero-order valence-electron chi connectivity index (χ0n) is 11.2. The van der Waals surface area contributed by atoms with Gasteiger partial charge in [-0.1, -0.05) is 6.92 Å². The summed E-state index contributed by atoms with van der Waals surface area (Å²) >= 11 is 0. The van der Waals surface area contributed by atoms with E-state index >= 15 is 0 Å². The van der Waals surface area contributed by atoms with E-state index in [9.17, 15) is 13.2 Å². The minimum absolute atomic E-state index is 0.0770. The number of nitrogens with zero attached hydrogens (tertiary/aromatic N) is 2. The average Bonchev–Trinajstić information content (AvgIpc) is 2.96. The molecule has 0 spiro atoms. The molecule has 1 heterocycles. The largest absolute Gasteiger partial charge is 0.492 e. The van der Waals surface area contributed by atoms with Gasteiger partial charge in [-0.3, -0.25) is 0 Å². The number of benzene rings is 1. The number of alkyl halides is 3. The van der Waals surface area contributed by atoms with E-state index in [-0.39, 0.29) is 23.6 Å². The van der Waals surface area contributed by atoms with Gasteiger partial charge < -0.3 is 9.72 Å². The first-order valence-electron chi connectivity index (χ1n) is 6.25. The van der Waals surface area contributed by atoms with Gasteiger partial charge in [-0.15, -0.1) is 0 Å². The second-order valence-electron chi connectivity index (χ2n) is 4.26. The van der Waals surface area contributed by atoms with Crippen LogP contribution in [0.25, 0.3) is 11.4 Å². The van der Waals surface area contributed by atoms with Crippen LogP contribution in [-0.4, -0.2) is 16.6 Å². The lowest BCUT2D eigenvalue weighted by atomic mass is 10.0. The SMILES string of the molecule is CCCOc1c(C#N)ccc(-c2ncc[nH]2)c1C(F)(F)F. The first-order chi connectivity index (χ1) is 9.99. The molecule has 0 saturated heterocycles. The summed E-state index contributed by atoms with van der Waals surface area (Å²) in [5.74, 6) is -0.367. The Morgan fingerprint density at radius 3 is 2.67 bits per heavy atom. The van der Waals surface area contributed by atoms with Gasteiger partial charge in [0.2, 0.25) is 0 Å². The molecular weight excluding hydrogens is 283 g/mol. The van der Waals surface area contributed by atoms with Gasteiger partial charge in [0.05, 0.1) is 12.2 Å². The predicted molar refractivity (Wildman–Crippen MR) is 69.5 cm³/mol. The molecular formula is C14H12F3N3O. The Morgan fingerprint density at radius 1 is 1.38 bits per heavy atom. The maximum absolute atomic E-state index is 13.4. The molecule has 0 radical (unpaired) electrons. The van der Waals surface area contributed by atoms with Crippen molar-refractivity contribution in [3.8, 4) is 23.2 Å². The highest BCUT2D eigenvalue weighted by Crippen LogP contribution is 2.43. The number of nitrogens with one attached hydrogen (secondary N) is 1. The monoisotopic (exact) mass is 295 g/mol. The van der Waals surface area contributed by atoms with Crippen LogP contribution in [0.3, 0.4) is 0 Å². The molecule has 21 heavy (non-hydrogen) atoms. The van der Waals surface area contributed by atoms with Crippen molar-refractivity contribution in [2.45, 2.75) is 19.5 Å². The molecule has 2 rings (SSSR count). The Bertz CT molecular complexity index is 657. The molecule has 110 valence electrons. The molecule has 0 amide bonds. The number of aromatic amines is 1. The second-order valence-corrected chi connectivity index (χ2v) is 4.26. The number of hydrogen-bond donors (Lipinski definition) is 1. The summed E-state index contributed by atoms with van der Waals surface area (Å²) in [4.78, 5) is 6.48. The van der Waals surface area contributed by atoms with Crippen LogP contribution in [0.15, 0.2) is 24.5 Å². The number of rotatable bonds is 4. The van der Waals surface area contributed by atoms with E-state index in [1.807, 2.05) is 0 Å². The van der Waals surface area contributed by atoms with Gasteiger partial charge in [0.1, 0.15) is 23.2 Å². The molecule has 7 heteroatoms. The van der Waals surface area contributed by atoms with Gasteiger partial charge in [0, 0.05) is 18.0 Å². The lowest BCUT2D eigenvalue weighted by molar-refractivity contribution is -0.138. The number of ether oxygens (including phenoxy) is 1. The van der Waals surface area contributed by atoms with E-state index in [1.54, 1.807) is 13.0 Å². The number of H-pyrrole nitrogens is 1.